The summed E-state index contributed by atoms with van der Waals surface area (Å²) in [5.41, 5.74) is 0.948. The highest BCUT2D eigenvalue weighted by molar-refractivity contribution is 7.89. The van der Waals surface area contributed by atoms with Crippen molar-refractivity contribution in [1.82, 2.24) is 14.7 Å². The molecular weight excluding hydrogens is 482 g/mol. The average molecular weight is 516 g/mol. The second kappa shape index (κ2) is 11.5. The molecule has 1 aliphatic rings. The molecule has 0 radical (unpaired) electrons. The number of hydrogen-bond donors (Lipinski definition) is 2. The fraction of sp³-hybridized carbons (Fsp3) is 0.462. The summed E-state index contributed by atoms with van der Waals surface area (Å²) in [5.74, 6) is 2.51. The topological polar surface area (TPSA) is 87.2 Å². The first-order valence-corrected chi connectivity index (χ1v) is 14.3. The highest BCUT2D eigenvalue weighted by Crippen LogP contribution is 2.30. The largest absolute Gasteiger partial charge is 0.356 e. The Balaban J connectivity index is 1.30. The molecule has 2 N–H and O–H groups in total. The molecular formula is C26H34ClN5O2S. The van der Waals surface area contributed by atoms with Gasteiger partial charge in [0.1, 0.15) is 5.82 Å². The fourth-order valence-corrected chi connectivity index (χ4v) is 5.95. The number of sulfonamides is 1. The fourth-order valence-electron chi connectivity index (χ4n) is 4.70. The van der Waals surface area contributed by atoms with Crippen LogP contribution in [0.15, 0.2) is 53.4 Å². The van der Waals surface area contributed by atoms with Crippen molar-refractivity contribution in [2.45, 2.75) is 44.4 Å². The van der Waals surface area contributed by atoms with Crippen LogP contribution in [0.25, 0.3) is 10.9 Å². The molecule has 3 aromatic rings. The van der Waals surface area contributed by atoms with E-state index in [1.54, 1.807) is 12.1 Å². The number of rotatable bonds is 10. The van der Waals surface area contributed by atoms with Gasteiger partial charge in [-0.05, 0) is 87.8 Å². The second-order valence-electron chi connectivity index (χ2n) is 9.13. The predicted octanol–water partition coefficient (Wildman–Crippen LogP) is 5.33. The van der Waals surface area contributed by atoms with Gasteiger partial charge in [-0.25, -0.2) is 18.1 Å². The van der Waals surface area contributed by atoms with Gasteiger partial charge in [-0.1, -0.05) is 23.7 Å². The van der Waals surface area contributed by atoms with E-state index in [0.717, 1.165) is 62.0 Å². The molecule has 0 bridgehead atoms. The van der Waals surface area contributed by atoms with E-state index in [9.17, 15) is 8.42 Å². The third-order valence-corrected chi connectivity index (χ3v) is 8.54. The zero-order valence-electron chi connectivity index (χ0n) is 20.4. The smallest absolute Gasteiger partial charge is 0.240 e. The number of nitrogens with zero attached hydrogens (tertiary/aromatic N) is 3. The molecule has 7 nitrogen and oxygen atoms in total. The van der Waals surface area contributed by atoms with E-state index in [-0.39, 0.29) is 4.90 Å². The highest BCUT2D eigenvalue weighted by Gasteiger charge is 2.24. The van der Waals surface area contributed by atoms with Crippen LogP contribution in [0.4, 0.5) is 11.8 Å². The monoisotopic (exact) mass is 515 g/mol. The van der Waals surface area contributed by atoms with Gasteiger partial charge in [0.25, 0.3) is 0 Å². The molecule has 1 aliphatic carbocycles. The summed E-state index contributed by atoms with van der Waals surface area (Å²) in [6.45, 7) is 7.35. The van der Waals surface area contributed by atoms with E-state index in [1.807, 2.05) is 18.2 Å². The molecule has 1 saturated carbocycles. The number of benzene rings is 2. The average Bonchev–Trinajstić information content (AvgIpc) is 2.88. The van der Waals surface area contributed by atoms with Gasteiger partial charge in [0.05, 0.1) is 10.4 Å². The van der Waals surface area contributed by atoms with Crippen LogP contribution in [0.3, 0.4) is 0 Å². The van der Waals surface area contributed by atoms with Crippen molar-refractivity contribution in [2.24, 2.45) is 11.8 Å². The Labute approximate surface area is 213 Å². The van der Waals surface area contributed by atoms with Crippen molar-refractivity contribution in [1.29, 1.82) is 0 Å². The van der Waals surface area contributed by atoms with Gasteiger partial charge in [-0.2, -0.15) is 4.98 Å². The summed E-state index contributed by atoms with van der Waals surface area (Å²) in [6, 6.07) is 14.4. The lowest BCUT2D eigenvalue weighted by Gasteiger charge is -2.29. The Morgan fingerprint density at radius 2 is 1.54 bits per heavy atom. The number of halogens is 1. The zero-order valence-corrected chi connectivity index (χ0v) is 21.9. The van der Waals surface area contributed by atoms with E-state index in [1.165, 1.54) is 12.1 Å². The van der Waals surface area contributed by atoms with Gasteiger partial charge in [0.2, 0.25) is 16.0 Å². The van der Waals surface area contributed by atoms with Crippen molar-refractivity contribution >= 4 is 44.3 Å². The number of nitrogens with one attached hydrogen (secondary N) is 2. The standard InChI is InChI=1S/C26H34ClN5O2S/c1-3-32(4-2)25-23-7-5-6-8-24(23)30-26(31-25)28-17-19-9-11-20(12-10-19)18-29-35(33,34)22-15-13-21(27)14-16-22/h5-8,13-16,19-20,29H,3-4,9-12,17-18H2,1-2H3,(H,28,30,31). The van der Waals surface area contributed by atoms with Crippen LogP contribution in [0, 0.1) is 11.8 Å². The molecule has 0 spiro atoms. The van der Waals surface area contributed by atoms with Gasteiger partial charge in [0, 0.05) is 36.6 Å². The molecule has 4 rings (SSSR count). The van der Waals surface area contributed by atoms with Crippen LogP contribution < -0.4 is 14.9 Å². The third kappa shape index (κ3) is 6.42. The third-order valence-electron chi connectivity index (χ3n) is 6.85. The van der Waals surface area contributed by atoms with Gasteiger partial charge < -0.3 is 10.2 Å². The first-order valence-electron chi connectivity index (χ1n) is 12.4. The quantitative estimate of drug-likeness (QED) is 0.379. The highest BCUT2D eigenvalue weighted by atomic mass is 35.5. The lowest BCUT2D eigenvalue weighted by Crippen LogP contribution is -2.32. The minimum absolute atomic E-state index is 0.249. The molecule has 188 valence electrons. The minimum atomic E-state index is -3.51. The van der Waals surface area contributed by atoms with Gasteiger partial charge >= 0.3 is 0 Å². The minimum Gasteiger partial charge on any atom is -0.356 e. The zero-order chi connectivity index (χ0) is 24.8. The molecule has 9 heteroatoms. The van der Waals surface area contributed by atoms with Crippen LogP contribution in [0.5, 0.6) is 0 Å². The maximum absolute atomic E-state index is 12.5. The summed E-state index contributed by atoms with van der Waals surface area (Å²) in [6.07, 6.45) is 4.10. The second-order valence-corrected chi connectivity index (χ2v) is 11.3. The van der Waals surface area contributed by atoms with Crippen molar-refractivity contribution in [3.05, 3.63) is 53.6 Å². The number of aromatic nitrogens is 2. The summed E-state index contributed by atoms with van der Waals surface area (Å²) < 4.78 is 27.9. The van der Waals surface area contributed by atoms with E-state index >= 15 is 0 Å². The number of para-hydroxylation sites is 1. The molecule has 1 aromatic heterocycles. The van der Waals surface area contributed by atoms with Crippen LogP contribution >= 0.6 is 11.6 Å². The van der Waals surface area contributed by atoms with Crippen LogP contribution in [-0.4, -0.2) is 44.6 Å². The van der Waals surface area contributed by atoms with E-state index < -0.39 is 10.0 Å². The molecule has 0 saturated heterocycles. The summed E-state index contributed by atoms with van der Waals surface area (Å²) in [5, 5.41) is 5.07. The molecule has 0 aliphatic heterocycles. The summed E-state index contributed by atoms with van der Waals surface area (Å²) in [7, 11) is -3.51. The van der Waals surface area contributed by atoms with Gasteiger partial charge in [0.15, 0.2) is 0 Å². The molecule has 1 fully saturated rings. The molecule has 0 amide bonds. The Bertz CT molecular complexity index is 1220. The van der Waals surface area contributed by atoms with Gasteiger partial charge in [-0.3, -0.25) is 0 Å². The van der Waals surface area contributed by atoms with Crippen LogP contribution in [0.2, 0.25) is 5.02 Å². The van der Waals surface area contributed by atoms with E-state index in [0.29, 0.717) is 29.4 Å². The van der Waals surface area contributed by atoms with Crippen molar-refractivity contribution in [3.63, 3.8) is 0 Å². The Morgan fingerprint density at radius 3 is 2.20 bits per heavy atom. The first kappa shape index (κ1) is 25.7. The van der Waals surface area contributed by atoms with Crippen molar-refractivity contribution in [2.75, 3.05) is 36.4 Å². The van der Waals surface area contributed by atoms with Gasteiger partial charge in [-0.15, -0.1) is 0 Å². The van der Waals surface area contributed by atoms with Crippen molar-refractivity contribution < 1.29 is 8.42 Å². The Morgan fingerprint density at radius 1 is 0.914 bits per heavy atom. The molecule has 35 heavy (non-hydrogen) atoms. The van der Waals surface area contributed by atoms with Crippen LogP contribution in [-0.2, 0) is 10.0 Å². The number of hydrogen-bond acceptors (Lipinski definition) is 6. The molecule has 2 aromatic carbocycles. The lowest BCUT2D eigenvalue weighted by atomic mass is 9.82. The maximum atomic E-state index is 12.5. The van der Waals surface area contributed by atoms with E-state index in [4.69, 9.17) is 21.6 Å². The normalized spacial score (nSPS) is 18.5. The SMILES string of the molecule is CCN(CC)c1nc(NCC2CCC(CNS(=O)(=O)c3ccc(Cl)cc3)CC2)nc2ccccc12. The van der Waals surface area contributed by atoms with Crippen LogP contribution in [0.1, 0.15) is 39.5 Å². The summed E-state index contributed by atoms with van der Waals surface area (Å²) in [4.78, 5) is 12.1. The predicted molar refractivity (Wildman–Crippen MR) is 144 cm³/mol. The van der Waals surface area contributed by atoms with E-state index in [2.05, 4.69) is 34.9 Å². The Kier molecular flexibility index (Phi) is 8.46. The molecule has 0 unspecified atom stereocenters. The first-order chi connectivity index (χ1) is 16.9. The number of fused-ring (bicyclic) bond motifs is 1. The van der Waals surface area contributed by atoms with Crippen molar-refractivity contribution in [3.8, 4) is 0 Å². The summed E-state index contributed by atoms with van der Waals surface area (Å²) >= 11 is 5.87. The lowest BCUT2D eigenvalue weighted by molar-refractivity contribution is 0.284. The molecule has 1 heterocycles. The maximum Gasteiger partial charge on any atom is 0.240 e. The number of anilines is 2. The molecule has 0 atom stereocenters. The Hall–Kier alpha value is -2.42.